The second kappa shape index (κ2) is 3.32. The largest absolute Gasteiger partial charge is 0.292 e. The number of ketones is 1. The summed E-state index contributed by atoms with van der Waals surface area (Å²) in [4.78, 5) is 11.4. The third-order valence-corrected chi connectivity index (χ3v) is 2.45. The van der Waals surface area contributed by atoms with Crippen LogP contribution in [0, 0.1) is 5.92 Å². The average molecular weight is 178 g/mol. The molecule has 0 unspecified atom stereocenters. The van der Waals surface area contributed by atoms with E-state index in [2.05, 4.69) is 5.10 Å². The molecule has 1 aromatic heterocycles. The second-order valence-electron chi connectivity index (χ2n) is 3.62. The first-order chi connectivity index (χ1) is 6.31. The van der Waals surface area contributed by atoms with E-state index >= 15 is 0 Å². The third-order valence-electron chi connectivity index (χ3n) is 2.45. The number of carbonyl (C=O) groups excluding carboxylic acids is 1. The summed E-state index contributed by atoms with van der Waals surface area (Å²) in [6, 6.07) is 1.81. The number of Topliss-reactive ketones (excluding diaryl/α,β-unsaturated/α-hetero) is 1. The Kier molecular flexibility index (Phi) is 2.17. The van der Waals surface area contributed by atoms with Gasteiger partial charge in [-0.2, -0.15) is 5.10 Å². The van der Waals surface area contributed by atoms with Crippen molar-refractivity contribution in [3.05, 3.63) is 18.0 Å². The monoisotopic (exact) mass is 178 g/mol. The molecular weight excluding hydrogens is 164 g/mol. The maximum atomic E-state index is 11.4. The first kappa shape index (κ1) is 8.48. The van der Waals surface area contributed by atoms with E-state index in [4.69, 9.17) is 0 Å². The minimum absolute atomic E-state index is 0.193. The molecule has 0 amide bonds. The van der Waals surface area contributed by atoms with E-state index in [0.29, 0.717) is 6.42 Å². The summed E-state index contributed by atoms with van der Waals surface area (Å²) in [5, 5.41) is 4.16. The van der Waals surface area contributed by atoms with Crippen LogP contribution in [0.2, 0.25) is 0 Å². The normalized spacial score (nSPS) is 16.1. The van der Waals surface area contributed by atoms with E-state index in [1.54, 1.807) is 6.20 Å². The van der Waals surface area contributed by atoms with E-state index in [1.165, 1.54) is 12.8 Å². The summed E-state index contributed by atoms with van der Waals surface area (Å²) < 4.78 is 1.85. The number of hydrogen-bond donors (Lipinski definition) is 0. The molecule has 1 fully saturated rings. The van der Waals surface area contributed by atoms with Crippen molar-refractivity contribution in [3.63, 3.8) is 0 Å². The molecule has 2 rings (SSSR count). The summed E-state index contributed by atoms with van der Waals surface area (Å²) >= 11 is 0. The van der Waals surface area contributed by atoms with Crippen LogP contribution in [0.25, 0.3) is 0 Å². The van der Waals surface area contributed by atoms with E-state index < -0.39 is 0 Å². The van der Waals surface area contributed by atoms with Gasteiger partial charge in [-0.3, -0.25) is 9.48 Å². The Morgan fingerprint density at radius 3 is 3.08 bits per heavy atom. The van der Waals surface area contributed by atoms with Crippen molar-refractivity contribution in [1.29, 1.82) is 0 Å². The van der Waals surface area contributed by atoms with Crippen LogP contribution < -0.4 is 0 Å². The first-order valence-electron chi connectivity index (χ1n) is 4.86. The van der Waals surface area contributed by atoms with Crippen LogP contribution in [0.15, 0.2) is 12.3 Å². The Balaban J connectivity index is 2.14. The second-order valence-corrected chi connectivity index (χ2v) is 3.62. The summed E-state index contributed by atoms with van der Waals surface area (Å²) in [5.41, 5.74) is 0.773. The van der Waals surface area contributed by atoms with Crippen molar-refractivity contribution >= 4 is 5.78 Å². The summed E-state index contributed by atoms with van der Waals surface area (Å²) in [6.07, 6.45) is 4.86. The summed E-state index contributed by atoms with van der Waals surface area (Å²) in [7, 11) is 0. The van der Waals surface area contributed by atoms with Gasteiger partial charge in [0.15, 0.2) is 5.78 Å². The van der Waals surface area contributed by atoms with Crippen molar-refractivity contribution in [3.8, 4) is 0 Å². The number of hydrogen-bond acceptors (Lipinski definition) is 2. The predicted octanol–water partition coefficient (Wildman–Crippen LogP) is 1.89. The molecule has 1 aromatic rings. The molecule has 0 spiro atoms. The average Bonchev–Trinajstić information content (AvgIpc) is 2.82. The zero-order chi connectivity index (χ0) is 9.26. The van der Waals surface area contributed by atoms with Crippen LogP contribution in [-0.2, 0) is 6.54 Å². The SMILES string of the molecule is CCC(=O)c1ccnn1CC1CC1. The lowest BCUT2D eigenvalue weighted by molar-refractivity contribution is 0.0977. The lowest BCUT2D eigenvalue weighted by Crippen LogP contribution is -2.10. The topological polar surface area (TPSA) is 34.9 Å². The van der Waals surface area contributed by atoms with Gasteiger partial charge in [0, 0.05) is 19.2 Å². The fourth-order valence-corrected chi connectivity index (χ4v) is 1.44. The Hall–Kier alpha value is -1.12. The molecule has 13 heavy (non-hydrogen) atoms. The lowest BCUT2D eigenvalue weighted by atomic mass is 10.2. The van der Waals surface area contributed by atoms with Crippen LogP contribution in [0.1, 0.15) is 36.7 Å². The molecule has 0 aliphatic heterocycles. The lowest BCUT2D eigenvalue weighted by Gasteiger charge is -2.03. The van der Waals surface area contributed by atoms with E-state index in [0.717, 1.165) is 18.2 Å². The van der Waals surface area contributed by atoms with Crippen molar-refractivity contribution in [1.82, 2.24) is 9.78 Å². The van der Waals surface area contributed by atoms with Gasteiger partial charge in [-0.1, -0.05) is 6.92 Å². The van der Waals surface area contributed by atoms with Crippen molar-refractivity contribution in [2.45, 2.75) is 32.7 Å². The highest BCUT2D eigenvalue weighted by atomic mass is 16.1. The molecule has 0 aromatic carbocycles. The van der Waals surface area contributed by atoms with Gasteiger partial charge >= 0.3 is 0 Å². The summed E-state index contributed by atoms with van der Waals surface area (Å²) in [6.45, 7) is 2.81. The molecule has 0 saturated heterocycles. The number of aromatic nitrogens is 2. The van der Waals surface area contributed by atoms with Gasteiger partial charge in [0.05, 0.1) is 0 Å². The minimum atomic E-state index is 0.193. The van der Waals surface area contributed by atoms with Gasteiger partial charge in [0.1, 0.15) is 5.69 Å². The molecule has 70 valence electrons. The molecule has 1 saturated carbocycles. The highest BCUT2D eigenvalue weighted by Crippen LogP contribution is 2.30. The van der Waals surface area contributed by atoms with Gasteiger partial charge in [0.2, 0.25) is 0 Å². The van der Waals surface area contributed by atoms with Gasteiger partial charge in [-0.25, -0.2) is 0 Å². The van der Waals surface area contributed by atoms with Gasteiger partial charge in [-0.05, 0) is 24.8 Å². The molecular formula is C10H14N2O. The van der Waals surface area contributed by atoms with Crippen LogP contribution in [0.3, 0.4) is 0 Å². The van der Waals surface area contributed by atoms with Gasteiger partial charge in [0.25, 0.3) is 0 Å². The van der Waals surface area contributed by atoms with Crippen LogP contribution >= 0.6 is 0 Å². The van der Waals surface area contributed by atoms with Crippen molar-refractivity contribution < 1.29 is 4.79 Å². The maximum Gasteiger partial charge on any atom is 0.180 e. The number of nitrogens with zero attached hydrogens (tertiary/aromatic N) is 2. The quantitative estimate of drug-likeness (QED) is 0.660. The van der Waals surface area contributed by atoms with Gasteiger partial charge < -0.3 is 0 Å². The highest BCUT2D eigenvalue weighted by molar-refractivity contribution is 5.94. The molecule has 0 radical (unpaired) electrons. The maximum absolute atomic E-state index is 11.4. The van der Waals surface area contributed by atoms with E-state index in [1.807, 2.05) is 17.7 Å². The molecule has 0 bridgehead atoms. The third kappa shape index (κ3) is 1.79. The first-order valence-corrected chi connectivity index (χ1v) is 4.86. The van der Waals surface area contributed by atoms with E-state index in [-0.39, 0.29) is 5.78 Å². The van der Waals surface area contributed by atoms with Gasteiger partial charge in [-0.15, -0.1) is 0 Å². The molecule has 0 N–H and O–H groups in total. The fourth-order valence-electron chi connectivity index (χ4n) is 1.44. The van der Waals surface area contributed by atoms with Crippen LogP contribution in [0.4, 0.5) is 0 Å². The predicted molar refractivity (Wildman–Crippen MR) is 49.6 cm³/mol. The number of rotatable bonds is 4. The van der Waals surface area contributed by atoms with Crippen molar-refractivity contribution in [2.75, 3.05) is 0 Å². The minimum Gasteiger partial charge on any atom is -0.292 e. The number of carbonyl (C=O) groups is 1. The van der Waals surface area contributed by atoms with Crippen LogP contribution in [-0.4, -0.2) is 15.6 Å². The Bertz CT molecular complexity index is 312. The Morgan fingerprint density at radius 2 is 2.46 bits per heavy atom. The molecule has 3 heteroatoms. The fraction of sp³-hybridized carbons (Fsp3) is 0.600. The molecule has 1 heterocycles. The highest BCUT2D eigenvalue weighted by Gasteiger charge is 2.23. The van der Waals surface area contributed by atoms with Crippen molar-refractivity contribution in [2.24, 2.45) is 5.92 Å². The zero-order valence-corrected chi connectivity index (χ0v) is 7.86. The molecule has 0 atom stereocenters. The smallest absolute Gasteiger partial charge is 0.180 e. The Morgan fingerprint density at radius 1 is 1.69 bits per heavy atom. The Labute approximate surface area is 77.7 Å². The van der Waals surface area contributed by atoms with E-state index in [9.17, 15) is 4.79 Å². The molecule has 1 aliphatic rings. The van der Waals surface area contributed by atoms with Crippen LogP contribution in [0.5, 0.6) is 0 Å². The zero-order valence-electron chi connectivity index (χ0n) is 7.86. The standard InChI is InChI=1S/C10H14N2O/c1-2-10(13)9-5-6-11-12(9)7-8-3-4-8/h5-6,8H,2-4,7H2,1H3. The molecule has 3 nitrogen and oxygen atoms in total. The summed E-state index contributed by atoms with van der Waals surface area (Å²) in [5.74, 6) is 0.960. The molecule has 1 aliphatic carbocycles.